The van der Waals surface area contributed by atoms with Crippen molar-refractivity contribution in [2.45, 2.75) is 12.7 Å². The number of hydrogen-bond acceptors (Lipinski definition) is 3. The van der Waals surface area contributed by atoms with Crippen molar-refractivity contribution in [2.24, 2.45) is 5.73 Å². The summed E-state index contributed by atoms with van der Waals surface area (Å²) in [4.78, 5) is 0. The summed E-state index contributed by atoms with van der Waals surface area (Å²) in [6.45, 7) is 0.469. The van der Waals surface area contributed by atoms with Crippen molar-refractivity contribution < 1.29 is 13.5 Å². The molecule has 90 valence electrons. The van der Waals surface area contributed by atoms with E-state index in [-0.39, 0.29) is 18.5 Å². The first-order valence-electron chi connectivity index (χ1n) is 5.39. The highest BCUT2D eigenvalue weighted by molar-refractivity contribution is 5.16. The summed E-state index contributed by atoms with van der Waals surface area (Å²) in [6.07, 6.45) is 1.22. The smallest absolute Gasteiger partial charge is 0.133 e. The molecule has 0 radical (unpaired) electrons. The molecule has 0 bridgehead atoms. The standard InChI is InChI=1S/C13H14FNO2/c14-11-5-2-1-4-10(11)9-17-13(8-15)12-6-3-7-16-12/h1-7,13H,8-9,15H2. The van der Waals surface area contributed by atoms with E-state index in [0.29, 0.717) is 17.9 Å². The van der Waals surface area contributed by atoms with E-state index in [2.05, 4.69) is 0 Å². The van der Waals surface area contributed by atoms with Crippen LogP contribution in [0.1, 0.15) is 17.4 Å². The summed E-state index contributed by atoms with van der Waals surface area (Å²) < 4.78 is 24.1. The van der Waals surface area contributed by atoms with Gasteiger partial charge < -0.3 is 14.9 Å². The number of rotatable bonds is 5. The van der Waals surface area contributed by atoms with E-state index in [1.807, 2.05) is 0 Å². The summed E-state index contributed by atoms with van der Waals surface area (Å²) in [5, 5.41) is 0. The number of furan rings is 1. The van der Waals surface area contributed by atoms with Crippen LogP contribution in [0.4, 0.5) is 4.39 Å². The van der Waals surface area contributed by atoms with Gasteiger partial charge >= 0.3 is 0 Å². The van der Waals surface area contributed by atoms with Crippen LogP contribution < -0.4 is 5.73 Å². The second-order valence-electron chi connectivity index (χ2n) is 3.64. The lowest BCUT2D eigenvalue weighted by molar-refractivity contribution is 0.0299. The minimum Gasteiger partial charge on any atom is -0.467 e. The number of hydrogen-bond donors (Lipinski definition) is 1. The molecule has 0 saturated heterocycles. The van der Waals surface area contributed by atoms with Gasteiger partial charge in [-0.05, 0) is 18.2 Å². The van der Waals surface area contributed by atoms with E-state index >= 15 is 0 Å². The van der Waals surface area contributed by atoms with Crippen LogP contribution in [-0.2, 0) is 11.3 Å². The van der Waals surface area contributed by atoms with Gasteiger partial charge in [0.05, 0.1) is 12.9 Å². The molecule has 2 N–H and O–H groups in total. The van der Waals surface area contributed by atoms with E-state index < -0.39 is 0 Å². The van der Waals surface area contributed by atoms with Gasteiger partial charge in [-0.3, -0.25) is 0 Å². The van der Waals surface area contributed by atoms with E-state index in [0.717, 1.165) is 0 Å². The normalized spacial score (nSPS) is 12.6. The van der Waals surface area contributed by atoms with Crippen LogP contribution in [0.3, 0.4) is 0 Å². The van der Waals surface area contributed by atoms with Gasteiger partial charge in [0.15, 0.2) is 0 Å². The molecule has 2 aromatic rings. The van der Waals surface area contributed by atoms with Crippen molar-refractivity contribution in [3.63, 3.8) is 0 Å². The molecule has 0 amide bonds. The van der Waals surface area contributed by atoms with Crippen LogP contribution in [0.25, 0.3) is 0 Å². The van der Waals surface area contributed by atoms with Crippen molar-refractivity contribution in [3.8, 4) is 0 Å². The first-order valence-corrected chi connectivity index (χ1v) is 5.39. The van der Waals surface area contributed by atoms with Crippen molar-refractivity contribution in [1.29, 1.82) is 0 Å². The lowest BCUT2D eigenvalue weighted by Gasteiger charge is -2.13. The SMILES string of the molecule is NCC(OCc1ccccc1F)c1ccco1. The maximum atomic E-state index is 13.4. The fraction of sp³-hybridized carbons (Fsp3) is 0.231. The molecule has 0 saturated carbocycles. The minimum absolute atomic E-state index is 0.176. The molecule has 0 aliphatic heterocycles. The molecule has 1 unspecified atom stereocenters. The Balaban J connectivity index is 2.00. The fourth-order valence-corrected chi connectivity index (χ4v) is 1.55. The topological polar surface area (TPSA) is 48.4 Å². The van der Waals surface area contributed by atoms with E-state index in [9.17, 15) is 4.39 Å². The Morgan fingerprint density at radius 3 is 2.71 bits per heavy atom. The molecule has 3 nitrogen and oxygen atoms in total. The number of benzene rings is 1. The number of halogens is 1. The average molecular weight is 235 g/mol. The van der Waals surface area contributed by atoms with Crippen molar-refractivity contribution >= 4 is 0 Å². The van der Waals surface area contributed by atoms with E-state index in [4.69, 9.17) is 14.9 Å². The van der Waals surface area contributed by atoms with Crippen LogP contribution >= 0.6 is 0 Å². The zero-order valence-electron chi connectivity index (χ0n) is 9.30. The van der Waals surface area contributed by atoms with Gasteiger partial charge in [0, 0.05) is 12.1 Å². The summed E-state index contributed by atoms with van der Waals surface area (Å²) in [6, 6.07) is 10.1. The molecule has 1 aromatic heterocycles. The zero-order valence-corrected chi connectivity index (χ0v) is 9.30. The quantitative estimate of drug-likeness (QED) is 0.866. The highest BCUT2D eigenvalue weighted by Crippen LogP contribution is 2.19. The minimum atomic E-state index is -0.343. The molecule has 0 fully saturated rings. The third kappa shape index (κ3) is 2.93. The lowest BCUT2D eigenvalue weighted by atomic mass is 10.2. The highest BCUT2D eigenvalue weighted by atomic mass is 19.1. The lowest BCUT2D eigenvalue weighted by Crippen LogP contribution is -2.15. The maximum Gasteiger partial charge on any atom is 0.133 e. The first-order chi connectivity index (χ1) is 8.31. The molecule has 1 heterocycles. The van der Waals surface area contributed by atoms with Crippen molar-refractivity contribution in [3.05, 3.63) is 59.8 Å². The van der Waals surface area contributed by atoms with Crippen LogP contribution in [0.2, 0.25) is 0 Å². The van der Waals surface area contributed by atoms with Gasteiger partial charge in [0.2, 0.25) is 0 Å². The fourth-order valence-electron chi connectivity index (χ4n) is 1.55. The summed E-state index contributed by atoms with van der Waals surface area (Å²) in [5.41, 5.74) is 6.10. The summed E-state index contributed by atoms with van der Waals surface area (Å²) >= 11 is 0. The van der Waals surface area contributed by atoms with Crippen LogP contribution in [0, 0.1) is 5.82 Å². The van der Waals surface area contributed by atoms with Gasteiger partial charge in [-0.2, -0.15) is 0 Å². The Hall–Kier alpha value is -1.65. The molecular formula is C13H14FNO2. The highest BCUT2D eigenvalue weighted by Gasteiger charge is 2.13. The Morgan fingerprint density at radius 2 is 2.06 bits per heavy atom. The Labute approximate surface area is 99.0 Å². The molecule has 17 heavy (non-hydrogen) atoms. The monoisotopic (exact) mass is 235 g/mol. The maximum absolute atomic E-state index is 13.4. The molecule has 0 spiro atoms. The number of nitrogens with two attached hydrogens (primary N) is 1. The van der Waals surface area contributed by atoms with Crippen molar-refractivity contribution in [1.82, 2.24) is 0 Å². The molecule has 2 rings (SSSR count). The molecular weight excluding hydrogens is 221 g/mol. The first kappa shape index (κ1) is 11.8. The van der Waals surface area contributed by atoms with Crippen LogP contribution in [0.15, 0.2) is 47.1 Å². The summed E-state index contributed by atoms with van der Waals surface area (Å²) in [7, 11) is 0. The second-order valence-corrected chi connectivity index (χ2v) is 3.64. The Bertz CT molecular complexity index is 456. The zero-order chi connectivity index (χ0) is 12.1. The number of ether oxygens (including phenoxy) is 1. The average Bonchev–Trinajstić information content (AvgIpc) is 2.86. The third-order valence-electron chi connectivity index (χ3n) is 2.47. The van der Waals surface area contributed by atoms with E-state index in [1.54, 1.807) is 36.6 Å². The predicted octanol–water partition coefficient (Wildman–Crippen LogP) is 2.64. The molecule has 1 aromatic carbocycles. The van der Waals surface area contributed by atoms with Gasteiger partial charge in [-0.1, -0.05) is 18.2 Å². The van der Waals surface area contributed by atoms with Gasteiger partial charge in [0.25, 0.3) is 0 Å². The molecule has 4 heteroatoms. The predicted molar refractivity (Wildman–Crippen MR) is 61.7 cm³/mol. The van der Waals surface area contributed by atoms with Crippen LogP contribution in [-0.4, -0.2) is 6.54 Å². The Morgan fingerprint density at radius 1 is 1.24 bits per heavy atom. The van der Waals surface area contributed by atoms with Crippen molar-refractivity contribution in [2.75, 3.05) is 6.54 Å². The van der Waals surface area contributed by atoms with Gasteiger partial charge in [-0.15, -0.1) is 0 Å². The largest absolute Gasteiger partial charge is 0.467 e. The third-order valence-corrected chi connectivity index (χ3v) is 2.47. The molecule has 0 aliphatic rings. The molecule has 1 atom stereocenters. The Kier molecular flexibility index (Phi) is 3.90. The van der Waals surface area contributed by atoms with E-state index in [1.165, 1.54) is 6.07 Å². The second kappa shape index (κ2) is 5.61. The van der Waals surface area contributed by atoms with Crippen LogP contribution in [0.5, 0.6) is 0 Å². The summed E-state index contributed by atoms with van der Waals surface area (Å²) in [5.74, 6) is 0.381. The molecule has 0 aliphatic carbocycles. The van der Waals surface area contributed by atoms with Gasteiger partial charge in [-0.25, -0.2) is 4.39 Å². The van der Waals surface area contributed by atoms with Gasteiger partial charge in [0.1, 0.15) is 17.7 Å².